The van der Waals surface area contributed by atoms with Crippen molar-refractivity contribution >= 4 is 10.9 Å². The topological polar surface area (TPSA) is 40.8 Å². The van der Waals surface area contributed by atoms with Gasteiger partial charge in [-0.1, -0.05) is 36.4 Å². The molecule has 3 aromatic rings. The number of benzene rings is 2. The van der Waals surface area contributed by atoms with Crippen LogP contribution in [0.3, 0.4) is 0 Å². The first-order valence-corrected chi connectivity index (χ1v) is 7.93. The normalized spacial score (nSPS) is 12.2. The van der Waals surface area contributed by atoms with Gasteiger partial charge in [0.1, 0.15) is 6.07 Å². The van der Waals surface area contributed by atoms with E-state index in [1.54, 1.807) is 0 Å². The van der Waals surface area contributed by atoms with Gasteiger partial charge in [0.2, 0.25) is 0 Å². The Morgan fingerprint density at radius 2 is 1.91 bits per heavy atom. The van der Waals surface area contributed by atoms with Crippen LogP contribution in [0, 0.1) is 11.3 Å². The Bertz CT molecular complexity index is 840. The molecule has 3 nitrogen and oxygen atoms in total. The average molecular weight is 303 g/mol. The molecule has 2 aromatic carbocycles. The van der Waals surface area contributed by atoms with Crippen LogP contribution in [0.5, 0.6) is 0 Å². The van der Waals surface area contributed by atoms with Crippen molar-refractivity contribution < 1.29 is 0 Å². The number of rotatable bonds is 5. The summed E-state index contributed by atoms with van der Waals surface area (Å²) in [5, 5.41) is 13.6. The molecule has 1 atom stereocenters. The van der Waals surface area contributed by atoms with Gasteiger partial charge in [0.05, 0.1) is 5.56 Å². The minimum atomic E-state index is 0.333. The molecule has 0 fully saturated rings. The summed E-state index contributed by atoms with van der Waals surface area (Å²) in [6.07, 6.45) is 2.93. The second-order valence-electron chi connectivity index (χ2n) is 5.90. The predicted octanol–water partition coefficient (Wildman–Crippen LogP) is 3.79. The van der Waals surface area contributed by atoms with Gasteiger partial charge < -0.3 is 9.88 Å². The van der Waals surface area contributed by atoms with Crippen LogP contribution in [-0.4, -0.2) is 18.2 Å². The quantitative estimate of drug-likeness (QED) is 0.779. The van der Waals surface area contributed by atoms with E-state index in [1.807, 2.05) is 30.9 Å². The minimum Gasteiger partial charge on any atom is -0.349 e. The van der Waals surface area contributed by atoms with Gasteiger partial charge in [0.15, 0.2) is 0 Å². The van der Waals surface area contributed by atoms with E-state index in [2.05, 4.69) is 53.9 Å². The zero-order valence-electron chi connectivity index (χ0n) is 13.6. The fourth-order valence-corrected chi connectivity index (χ4v) is 3.22. The Balaban J connectivity index is 2.09. The molecule has 0 saturated carbocycles. The molecule has 116 valence electrons. The van der Waals surface area contributed by atoms with Crippen molar-refractivity contribution in [2.45, 2.75) is 12.3 Å². The molecule has 0 spiro atoms. The van der Waals surface area contributed by atoms with E-state index in [9.17, 15) is 5.26 Å². The van der Waals surface area contributed by atoms with Gasteiger partial charge in [0.25, 0.3) is 0 Å². The fraction of sp³-hybridized carbons (Fsp3) is 0.250. The van der Waals surface area contributed by atoms with Crippen molar-refractivity contribution in [1.82, 2.24) is 9.88 Å². The van der Waals surface area contributed by atoms with E-state index >= 15 is 0 Å². The van der Waals surface area contributed by atoms with Gasteiger partial charge in [-0.3, -0.25) is 0 Å². The minimum absolute atomic E-state index is 0.333. The number of hydrogen-bond acceptors (Lipinski definition) is 2. The first-order valence-electron chi connectivity index (χ1n) is 7.93. The highest BCUT2D eigenvalue weighted by Gasteiger charge is 2.16. The Kier molecular flexibility index (Phi) is 4.45. The summed E-state index contributed by atoms with van der Waals surface area (Å²) in [4.78, 5) is 0. The molecule has 0 saturated heterocycles. The highest BCUT2D eigenvalue weighted by Crippen LogP contribution is 2.31. The van der Waals surface area contributed by atoms with Gasteiger partial charge in [-0.2, -0.15) is 5.26 Å². The first kappa shape index (κ1) is 15.3. The molecule has 0 amide bonds. The first-order chi connectivity index (χ1) is 11.2. The van der Waals surface area contributed by atoms with Crippen LogP contribution in [0.25, 0.3) is 10.9 Å². The van der Waals surface area contributed by atoms with E-state index < -0.39 is 0 Å². The summed E-state index contributed by atoms with van der Waals surface area (Å²) in [6.45, 7) is 0.956. The number of fused-ring (bicyclic) bond motifs is 1. The van der Waals surface area contributed by atoms with Gasteiger partial charge in [-0.15, -0.1) is 0 Å². The summed E-state index contributed by atoms with van der Waals surface area (Å²) in [5.74, 6) is 0.333. The van der Waals surface area contributed by atoms with Crippen LogP contribution in [0.2, 0.25) is 0 Å². The number of nitrogens with one attached hydrogen (secondary N) is 1. The lowest BCUT2D eigenvalue weighted by atomic mass is 9.87. The van der Waals surface area contributed by atoms with Gasteiger partial charge in [0, 0.05) is 30.1 Å². The highest BCUT2D eigenvalue weighted by molar-refractivity contribution is 5.87. The van der Waals surface area contributed by atoms with Crippen molar-refractivity contribution in [3.8, 4) is 6.07 Å². The number of nitriles is 1. The van der Waals surface area contributed by atoms with Crippen LogP contribution in [0.1, 0.15) is 29.0 Å². The maximum atomic E-state index is 9.36. The molecule has 3 rings (SSSR count). The molecule has 1 unspecified atom stereocenters. The third-order valence-electron chi connectivity index (χ3n) is 4.42. The largest absolute Gasteiger partial charge is 0.349 e. The molecular weight excluding hydrogens is 282 g/mol. The van der Waals surface area contributed by atoms with Crippen LogP contribution in [0.4, 0.5) is 0 Å². The third kappa shape index (κ3) is 2.99. The van der Waals surface area contributed by atoms with Crippen molar-refractivity contribution in [2.24, 2.45) is 7.05 Å². The molecule has 3 heteroatoms. The molecular formula is C20H21N3. The predicted molar refractivity (Wildman–Crippen MR) is 94.5 cm³/mol. The van der Waals surface area contributed by atoms with Gasteiger partial charge in [-0.25, -0.2) is 0 Å². The maximum absolute atomic E-state index is 9.36. The average Bonchev–Trinajstić information content (AvgIpc) is 2.92. The molecule has 0 radical (unpaired) electrons. The van der Waals surface area contributed by atoms with Crippen LogP contribution in [-0.2, 0) is 7.05 Å². The monoisotopic (exact) mass is 303 g/mol. The van der Waals surface area contributed by atoms with E-state index in [4.69, 9.17) is 0 Å². The van der Waals surface area contributed by atoms with E-state index in [1.165, 1.54) is 11.1 Å². The van der Waals surface area contributed by atoms with E-state index in [0.29, 0.717) is 5.92 Å². The zero-order valence-corrected chi connectivity index (χ0v) is 13.6. The van der Waals surface area contributed by atoms with Crippen molar-refractivity contribution in [2.75, 3.05) is 13.6 Å². The van der Waals surface area contributed by atoms with Gasteiger partial charge in [-0.05, 0) is 43.3 Å². The smallest absolute Gasteiger partial charge is 0.101 e. The Morgan fingerprint density at radius 1 is 1.13 bits per heavy atom. The summed E-state index contributed by atoms with van der Waals surface area (Å²) < 4.78 is 2.02. The summed E-state index contributed by atoms with van der Waals surface area (Å²) in [5.41, 5.74) is 4.42. The zero-order chi connectivity index (χ0) is 16.2. The summed E-state index contributed by atoms with van der Waals surface area (Å²) >= 11 is 0. The van der Waals surface area contributed by atoms with E-state index in [0.717, 1.165) is 29.4 Å². The third-order valence-corrected chi connectivity index (χ3v) is 4.42. The second-order valence-corrected chi connectivity index (χ2v) is 5.90. The van der Waals surface area contributed by atoms with Crippen LogP contribution >= 0.6 is 0 Å². The summed E-state index contributed by atoms with van der Waals surface area (Å²) in [7, 11) is 3.97. The number of aromatic nitrogens is 1. The Labute approximate surface area is 137 Å². The molecule has 0 aliphatic carbocycles. The molecule has 23 heavy (non-hydrogen) atoms. The molecule has 0 bridgehead atoms. The standard InChI is InChI=1S/C20H21N3/c1-22-11-10-18(15-6-4-3-5-7-15)16-8-9-20-19(12-16)17(13-21)14-23(20)2/h3-9,12,14,18,22H,10-11H2,1-2H3. The van der Waals surface area contributed by atoms with Crippen molar-refractivity contribution in [3.05, 3.63) is 71.4 Å². The lowest BCUT2D eigenvalue weighted by Gasteiger charge is -2.18. The highest BCUT2D eigenvalue weighted by atomic mass is 14.9. The Morgan fingerprint density at radius 3 is 2.61 bits per heavy atom. The van der Waals surface area contributed by atoms with Crippen molar-refractivity contribution in [3.63, 3.8) is 0 Å². The number of nitrogens with zero attached hydrogens (tertiary/aromatic N) is 2. The molecule has 0 aliphatic heterocycles. The van der Waals surface area contributed by atoms with Crippen LogP contribution in [0.15, 0.2) is 54.7 Å². The fourth-order valence-electron chi connectivity index (χ4n) is 3.22. The maximum Gasteiger partial charge on any atom is 0.101 e. The SMILES string of the molecule is CNCCC(c1ccccc1)c1ccc2c(c1)c(C#N)cn2C. The summed E-state index contributed by atoms with van der Waals surface area (Å²) in [6, 6.07) is 19.4. The second kappa shape index (κ2) is 6.68. The number of hydrogen-bond donors (Lipinski definition) is 1. The van der Waals surface area contributed by atoms with Crippen LogP contribution < -0.4 is 5.32 Å². The molecule has 1 heterocycles. The van der Waals surface area contributed by atoms with Crippen molar-refractivity contribution in [1.29, 1.82) is 5.26 Å². The lowest BCUT2D eigenvalue weighted by Crippen LogP contribution is -2.13. The lowest BCUT2D eigenvalue weighted by molar-refractivity contribution is 0.662. The molecule has 1 aromatic heterocycles. The molecule has 1 N–H and O–H groups in total. The Hall–Kier alpha value is -2.57. The number of aryl methyl sites for hydroxylation is 1. The van der Waals surface area contributed by atoms with E-state index in [-0.39, 0.29) is 0 Å². The van der Waals surface area contributed by atoms with Gasteiger partial charge >= 0.3 is 0 Å². The molecule has 0 aliphatic rings.